The summed E-state index contributed by atoms with van der Waals surface area (Å²) in [5.41, 5.74) is 15.2. The van der Waals surface area contributed by atoms with Gasteiger partial charge in [0, 0.05) is 45.3 Å². The number of aromatic nitrogens is 1. The van der Waals surface area contributed by atoms with Gasteiger partial charge in [-0.05, 0) is 84.2 Å². The van der Waals surface area contributed by atoms with E-state index in [0.717, 1.165) is 32.1 Å². The normalized spacial score (nSPS) is 22.7. The molecule has 0 spiro atoms. The molecule has 5 aliphatic rings. The molecule has 0 N–H and O–H groups in total. The molecular formula is C48H40N2. The molecule has 1 aliphatic heterocycles. The Labute approximate surface area is 294 Å². The summed E-state index contributed by atoms with van der Waals surface area (Å²) in [6.45, 7) is 0. The summed E-state index contributed by atoms with van der Waals surface area (Å²) in [6, 6.07) is 38.4. The highest BCUT2D eigenvalue weighted by molar-refractivity contribution is 6.13. The van der Waals surface area contributed by atoms with Crippen molar-refractivity contribution in [3.8, 4) is 0 Å². The Hall–Kier alpha value is -5.60. The molecule has 242 valence electrons. The standard InChI is InChI=1S/C48H40N2/c1-4-15-33(16-5-1)36-29-37(34-17-6-2-7-18-34)31-39(30-36)50-46-26-13-10-21-41(46)43-24-14-23-40(48(43)50)35-27-28-47-44(32-35)42-22-11-12-25-45(42)49(47)38-19-8-3-9-20-38/h1-6,8-17,19-26,30-32,36,42,45H,7,18,27-29H2. The first kappa shape index (κ1) is 29.3. The van der Waals surface area contributed by atoms with Gasteiger partial charge in [0.1, 0.15) is 0 Å². The van der Waals surface area contributed by atoms with Crippen LogP contribution in [0.1, 0.15) is 49.1 Å². The van der Waals surface area contributed by atoms with Crippen molar-refractivity contribution in [2.45, 2.75) is 44.1 Å². The van der Waals surface area contributed by atoms with Gasteiger partial charge in [-0.2, -0.15) is 0 Å². The predicted molar refractivity (Wildman–Crippen MR) is 211 cm³/mol. The SMILES string of the molecule is C1=CCCC(C2=CC(n3c4ccccc4c4cccc(C5=CC6=C(CC5)N(c5ccccc5)C5C=CC=CC65)c43)=CC(c3ccccc3)C2)=C1. The summed E-state index contributed by atoms with van der Waals surface area (Å²) in [5.74, 6) is 0.667. The Bertz CT molecular complexity index is 2400. The molecule has 5 aromatic rings. The molecule has 0 amide bonds. The van der Waals surface area contributed by atoms with Gasteiger partial charge in [0.05, 0.1) is 17.1 Å². The van der Waals surface area contributed by atoms with Crippen molar-refractivity contribution in [2.75, 3.05) is 4.90 Å². The van der Waals surface area contributed by atoms with E-state index in [1.807, 2.05) is 0 Å². The van der Waals surface area contributed by atoms with Crippen molar-refractivity contribution in [2.24, 2.45) is 5.92 Å². The Kier molecular flexibility index (Phi) is 7.08. The monoisotopic (exact) mass is 644 g/mol. The average Bonchev–Trinajstić information content (AvgIpc) is 3.71. The van der Waals surface area contributed by atoms with E-state index in [1.165, 1.54) is 72.3 Å². The van der Waals surface area contributed by atoms with Crippen LogP contribution in [0.3, 0.4) is 0 Å². The van der Waals surface area contributed by atoms with E-state index >= 15 is 0 Å². The van der Waals surface area contributed by atoms with Gasteiger partial charge in [-0.25, -0.2) is 0 Å². The zero-order valence-corrected chi connectivity index (χ0v) is 28.3. The van der Waals surface area contributed by atoms with E-state index in [9.17, 15) is 0 Å². The molecule has 3 atom stereocenters. The van der Waals surface area contributed by atoms with Crippen molar-refractivity contribution >= 4 is 38.8 Å². The molecule has 3 unspecified atom stereocenters. The third-order valence-electron chi connectivity index (χ3n) is 11.5. The van der Waals surface area contributed by atoms with Crippen LogP contribution >= 0.6 is 0 Å². The number of benzene rings is 4. The van der Waals surface area contributed by atoms with Gasteiger partial charge >= 0.3 is 0 Å². The van der Waals surface area contributed by atoms with Gasteiger partial charge in [-0.3, -0.25) is 0 Å². The molecule has 4 aromatic carbocycles. The number of para-hydroxylation sites is 3. The topological polar surface area (TPSA) is 8.17 Å². The second-order valence-corrected chi connectivity index (χ2v) is 14.3. The fourth-order valence-electron chi connectivity index (χ4n) is 9.21. The Morgan fingerprint density at radius 3 is 2.28 bits per heavy atom. The fourth-order valence-corrected chi connectivity index (χ4v) is 9.21. The molecule has 2 heteroatoms. The second kappa shape index (κ2) is 12.1. The maximum absolute atomic E-state index is 2.60. The largest absolute Gasteiger partial charge is 0.337 e. The van der Waals surface area contributed by atoms with E-state index in [-0.39, 0.29) is 0 Å². The maximum atomic E-state index is 2.60. The van der Waals surface area contributed by atoms with Gasteiger partial charge < -0.3 is 9.47 Å². The van der Waals surface area contributed by atoms with Gasteiger partial charge in [0.15, 0.2) is 0 Å². The third kappa shape index (κ3) is 4.77. The van der Waals surface area contributed by atoms with Crippen LogP contribution < -0.4 is 4.90 Å². The lowest BCUT2D eigenvalue weighted by atomic mass is 9.82. The highest BCUT2D eigenvalue weighted by atomic mass is 15.2. The molecule has 0 saturated carbocycles. The zero-order chi connectivity index (χ0) is 33.0. The van der Waals surface area contributed by atoms with Gasteiger partial charge in [0.25, 0.3) is 0 Å². The van der Waals surface area contributed by atoms with Gasteiger partial charge in [-0.1, -0.05) is 140 Å². The lowest BCUT2D eigenvalue weighted by Crippen LogP contribution is -2.32. The Morgan fingerprint density at radius 1 is 0.620 bits per heavy atom. The van der Waals surface area contributed by atoms with E-state index in [4.69, 9.17) is 0 Å². The fraction of sp³-hybridized carbons (Fsp3) is 0.167. The van der Waals surface area contributed by atoms with E-state index in [1.54, 1.807) is 0 Å². The molecule has 4 aliphatic carbocycles. The summed E-state index contributed by atoms with van der Waals surface area (Å²) < 4.78 is 2.59. The summed E-state index contributed by atoms with van der Waals surface area (Å²) in [6.07, 6.45) is 29.0. The molecule has 2 heterocycles. The van der Waals surface area contributed by atoms with Crippen LogP contribution in [0.4, 0.5) is 5.69 Å². The van der Waals surface area contributed by atoms with Crippen LogP contribution in [0.15, 0.2) is 186 Å². The van der Waals surface area contributed by atoms with Crippen molar-refractivity contribution in [1.82, 2.24) is 4.57 Å². The first-order chi connectivity index (χ1) is 24.8. The number of fused-ring (bicyclic) bond motifs is 5. The molecule has 0 fully saturated rings. The summed E-state index contributed by atoms with van der Waals surface area (Å²) in [4.78, 5) is 2.60. The highest BCUT2D eigenvalue weighted by Gasteiger charge is 2.40. The van der Waals surface area contributed by atoms with Gasteiger partial charge in [-0.15, -0.1) is 0 Å². The van der Waals surface area contributed by atoms with E-state index in [2.05, 4.69) is 173 Å². The highest BCUT2D eigenvalue weighted by Crippen LogP contribution is 2.49. The second-order valence-electron chi connectivity index (χ2n) is 14.3. The molecule has 0 bridgehead atoms. The first-order valence-corrected chi connectivity index (χ1v) is 18.3. The molecule has 50 heavy (non-hydrogen) atoms. The summed E-state index contributed by atoms with van der Waals surface area (Å²) >= 11 is 0. The van der Waals surface area contributed by atoms with Crippen LogP contribution in [0, 0.1) is 5.92 Å². The zero-order valence-electron chi connectivity index (χ0n) is 28.3. The quantitative estimate of drug-likeness (QED) is 0.185. The van der Waals surface area contributed by atoms with Crippen molar-refractivity contribution < 1.29 is 0 Å². The van der Waals surface area contributed by atoms with Crippen LogP contribution in [-0.2, 0) is 0 Å². The summed E-state index contributed by atoms with van der Waals surface area (Å²) in [5, 5.41) is 2.64. The Morgan fingerprint density at radius 2 is 1.42 bits per heavy atom. The number of hydrogen-bond donors (Lipinski definition) is 0. The van der Waals surface area contributed by atoms with E-state index < -0.39 is 0 Å². The minimum absolute atomic E-state index is 0.313. The minimum atomic E-state index is 0.313. The predicted octanol–water partition coefficient (Wildman–Crippen LogP) is 12.1. The molecule has 2 nitrogen and oxygen atoms in total. The minimum Gasteiger partial charge on any atom is -0.337 e. The number of rotatable bonds is 5. The van der Waals surface area contributed by atoms with Crippen LogP contribution in [0.25, 0.3) is 33.1 Å². The summed E-state index contributed by atoms with van der Waals surface area (Å²) in [7, 11) is 0. The lowest BCUT2D eigenvalue weighted by Gasteiger charge is -2.31. The molecular weight excluding hydrogens is 605 g/mol. The molecule has 0 radical (unpaired) electrons. The number of nitrogens with zero attached hydrogens (tertiary/aromatic N) is 2. The number of allylic oxidation sites excluding steroid dienone is 13. The smallest absolute Gasteiger partial charge is 0.0626 e. The van der Waals surface area contributed by atoms with Crippen LogP contribution in [-0.4, -0.2) is 10.6 Å². The molecule has 10 rings (SSSR count). The number of anilines is 1. The Balaban J connectivity index is 1.18. The third-order valence-corrected chi connectivity index (χ3v) is 11.5. The first-order valence-electron chi connectivity index (χ1n) is 18.3. The number of hydrogen-bond acceptors (Lipinski definition) is 1. The van der Waals surface area contributed by atoms with Crippen molar-refractivity contribution in [3.63, 3.8) is 0 Å². The van der Waals surface area contributed by atoms with Crippen molar-refractivity contribution in [1.29, 1.82) is 0 Å². The van der Waals surface area contributed by atoms with Crippen LogP contribution in [0.2, 0.25) is 0 Å². The molecule has 0 saturated heterocycles. The maximum Gasteiger partial charge on any atom is 0.0626 e. The molecule has 1 aromatic heterocycles. The average molecular weight is 645 g/mol. The van der Waals surface area contributed by atoms with Crippen LogP contribution in [0.5, 0.6) is 0 Å². The lowest BCUT2D eigenvalue weighted by molar-refractivity contribution is 0.681. The van der Waals surface area contributed by atoms with Crippen molar-refractivity contribution in [3.05, 3.63) is 197 Å². The van der Waals surface area contributed by atoms with Gasteiger partial charge in [0.2, 0.25) is 0 Å². The van der Waals surface area contributed by atoms with E-state index in [0.29, 0.717) is 17.9 Å².